The maximum Gasteiger partial charge on any atom is 0.308 e. The molecule has 30 heavy (non-hydrogen) atoms. The lowest BCUT2D eigenvalue weighted by Crippen LogP contribution is -2.30. The second-order valence-electron chi connectivity index (χ2n) is 6.67. The Hall–Kier alpha value is -3.82. The summed E-state index contributed by atoms with van der Waals surface area (Å²) in [5.74, 6) is 0.0824. The number of anilines is 3. The van der Waals surface area contributed by atoms with Gasteiger partial charge in [0.25, 0.3) is 0 Å². The van der Waals surface area contributed by atoms with E-state index in [-0.39, 0.29) is 24.2 Å². The zero-order valence-electron chi connectivity index (χ0n) is 16.8. The monoisotopic (exact) mass is 409 g/mol. The molecule has 0 bridgehead atoms. The smallest absolute Gasteiger partial charge is 0.308 e. The van der Waals surface area contributed by atoms with Crippen LogP contribution < -0.4 is 21.1 Å². The first-order valence-electron chi connectivity index (χ1n) is 9.50. The SMILES string of the molecule is CCCCC(=O)N(Cc1cnc2nc(N)nc(N)c2n1)c1ccc(OC(C)=O)cc1. The van der Waals surface area contributed by atoms with Crippen LogP contribution in [0.4, 0.5) is 17.5 Å². The van der Waals surface area contributed by atoms with Crippen molar-refractivity contribution in [1.29, 1.82) is 0 Å². The van der Waals surface area contributed by atoms with E-state index in [1.165, 1.54) is 13.1 Å². The van der Waals surface area contributed by atoms with Gasteiger partial charge in [0.1, 0.15) is 5.75 Å². The summed E-state index contributed by atoms with van der Waals surface area (Å²) in [6.07, 6.45) is 3.59. The van der Waals surface area contributed by atoms with Crippen LogP contribution in [0.3, 0.4) is 0 Å². The van der Waals surface area contributed by atoms with Crippen LogP contribution in [-0.2, 0) is 16.1 Å². The van der Waals surface area contributed by atoms with E-state index in [2.05, 4.69) is 19.9 Å². The number of unbranched alkanes of at least 4 members (excludes halogenated alkanes) is 1. The summed E-state index contributed by atoms with van der Waals surface area (Å²) in [5.41, 5.74) is 13.3. The van der Waals surface area contributed by atoms with Gasteiger partial charge >= 0.3 is 5.97 Å². The highest BCUT2D eigenvalue weighted by Gasteiger charge is 2.18. The second kappa shape index (κ2) is 9.12. The molecule has 3 rings (SSSR count). The maximum atomic E-state index is 12.9. The van der Waals surface area contributed by atoms with Crippen LogP contribution in [0.1, 0.15) is 38.8 Å². The molecule has 4 N–H and O–H groups in total. The van der Waals surface area contributed by atoms with E-state index in [9.17, 15) is 9.59 Å². The predicted octanol–water partition coefficient (Wildman–Crippen LogP) is 2.23. The molecule has 1 aromatic carbocycles. The molecule has 2 aromatic heterocycles. The molecule has 0 saturated heterocycles. The Morgan fingerprint density at radius 1 is 1.10 bits per heavy atom. The number of aromatic nitrogens is 4. The first-order valence-corrected chi connectivity index (χ1v) is 9.50. The Morgan fingerprint density at radius 3 is 2.50 bits per heavy atom. The summed E-state index contributed by atoms with van der Waals surface area (Å²) in [7, 11) is 0. The normalized spacial score (nSPS) is 10.7. The maximum absolute atomic E-state index is 12.9. The van der Waals surface area contributed by atoms with Gasteiger partial charge in [0.05, 0.1) is 18.4 Å². The topological polar surface area (TPSA) is 150 Å². The molecule has 0 atom stereocenters. The van der Waals surface area contributed by atoms with Gasteiger partial charge in [0, 0.05) is 19.0 Å². The molecule has 10 heteroatoms. The van der Waals surface area contributed by atoms with Crippen molar-refractivity contribution in [3.8, 4) is 5.75 Å². The minimum atomic E-state index is -0.412. The Morgan fingerprint density at radius 2 is 1.83 bits per heavy atom. The Balaban J connectivity index is 1.91. The molecule has 0 unspecified atom stereocenters. The lowest BCUT2D eigenvalue weighted by Gasteiger charge is -2.23. The Bertz CT molecular complexity index is 1070. The number of fused-ring (bicyclic) bond motifs is 1. The minimum absolute atomic E-state index is 0.0197. The molecule has 10 nitrogen and oxygen atoms in total. The van der Waals surface area contributed by atoms with Crippen molar-refractivity contribution >= 4 is 40.5 Å². The number of hydrogen-bond donors (Lipinski definition) is 2. The largest absolute Gasteiger partial charge is 0.427 e. The standard InChI is InChI=1S/C20H23N7O3/c1-3-4-5-16(29)27(14-6-8-15(9-7-14)30-12(2)28)11-13-10-23-19-17(24-13)18(21)25-20(22)26-19/h6-10H,3-5,11H2,1-2H3,(H4,21,22,23,25,26). The van der Waals surface area contributed by atoms with Crippen LogP contribution >= 0.6 is 0 Å². The number of esters is 1. The molecule has 156 valence electrons. The van der Waals surface area contributed by atoms with E-state index in [0.29, 0.717) is 34.7 Å². The number of hydrogen-bond acceptors (Lipinski definition) is 9. The van der Waals surface area contributed by atoms with E-state index in [1.807, 2.05) is 6.92 Å². The number of carbonyl (C=O) groups is 2. The van der Waals surface area contributed by atoms with Crippen LogP contribution in [-0.4, -0.2) is 31.8 Å². The number of nitrogens with two attached hydrogens (primary N) is 2. The number of rotatable bonds is 7. The molecular formula is C20H23N7O3. The van der Waals surface area contributed by atoms with Crippen LogP contribution in [0.15, 0.2) is 30.5 Å². The highest BCUT2D eigenvalue weighted by atomic mass is 16.5. The zero-order valence-corrected chi connectivity index (χ0v) is 16.8. The lowest BCUT2D eigenvalue weighted by atomic mass is 10.2. The molecule has 0 radical (unpaired) electrons. The molecule has 0 spiro atoms. The summed E-state index contributed by atoms with van der Waals surface area (Å²) in [6.45, 7) is 3.53. The molecule has 2 heterocycles. The van der Waals surface area contributed by atoms with E-state index >= 15 is 0 Å². The van der Waals surface area contributed by atoms with Crippen molar-refractivity contribution in [2.45, 2.75) is 39.7 Å². The summed E-state index contributed by atoms with van der Waals surface area (Å²) < 4.78 is 5.06. The summed E-state index contributed by atoms with van der Waals surface area (Å²) in [6, 6.07) is 6.71. The van der Waals surface area contributed by atoms with Crippen molar-refractivity contribution in [1.82, 2.24) is 19.9 Å². The minimum Gasteiger partial charge on any atom is -0.427 e. The number of nitrogens with zero attached hydrogens (tertiary/aromatic N) is 5. The third-order valence-electron chi connectivity index (χ3n) is 4.28. The van der Waals surface area contributed by atoms with Crippen molar-refractivity contribution in [3.63, 3.8) is 0 Å². The van der Waals surface area contributed by atoms with Crippen LogP contribution in [0.5, 0.6) is 5.75 Å². The molecule has 0 saturated carbocycles. The zero-order chi connectivity index (χ0) is 21.7. The van der Waals surface area contributed by atoms with Gasteiger partial charge in [-0.05, 0) is 30.7 Å². The highest BCUT2D eigenvalue weighted by Crippen LogP contribution is 2.23. The second-order valence-corrected chi connectivity index (χ2v) is 6.67. The van der Waals surface area contributed by atoms with Gasteiger partial charge in [-0.25, -0.2) is 9.97 Å². The fraction of sp³-hybridized carbons (Fsp3) is 0.300. The molecule has 0 fully saturated rings. The number of ether oxygens (including phenoxy) is 1. The van der Waals surface area contributed by atoms with Gasteiger partial charge in [-0.2, -0.15) is 9.97 Å². The molecule has 0 aliphatic rings. The first kappa shape index (κ1) is 20.9. The number of benzene rings is 1. The third-order valence-corrected chi connectivity index (χ3v) is 4.28. The van der Waals surface area contributed by atoms with E-state index in [4.69, 9.17) is 16.2 Å². The fourth-order valence-corrected chi connectivity index (χ4v) is 2.87. The summed E-state index contributed by atoms with van der Waals surface area (Å²) in [4.78, 5) is 42.2. The van der Waals surface area contributed by atoms with Gasteiger partial charge in [-0.1, -0.05) is 13.3 Å². The third kappa shape index (κ3) is 4.96. The molecule has 0 aliphatic carbocycles. The molecule has 1 amide bonds. The van der Waals surface area contributed by atoms with Gasteiger partial charge < -0.3 is 21.1 Å². The number of amides is 1. The Kier molecular flexibility index (Phi) is 6.35. The fourth-order valence-electron chi connectivity index (χ4n) is 2.87. The van der Waals surface area contributed by atoms with Crippen molar-refractivity contribution < 1.29 is 14.3 Å². The first-order chi connectivity index (χ1) is 14.4. The molecule has 3 aromatic rings. The van der Waals surface area contributed by atoms with Gasteiger partial charge in [-0.3, -0.25) is 9.59 Å². The summed E-state index contributed by atoms with van der Waals surface area (Å²) in [5, 5.41) is 0. The lowest BCUT2D eigenvalue weighted by molar-refractivity contribution is -0.131. The van der Waals surface area contributed by atoms with Crippen molar-refractivity contribution in [3.05, 3.63) is 36.2 Å². The van der Waals surface area contributed by atoms with Gasteiger partial charge in [-0.15, -0.1) is 0 Å². The van der Waals surface area contributed by atoms with Crippen LogP contribution in [0, 0.1) is 0 Å². The average molecular weight is 409 g/mol. The van der Waals surface area contributed by atoms with Gasteiger partial charge in [0.2, 0.25) is 11.9 Å². The van der Waals surface area contributed by atoms with E-state index in [0.717, 1.165) is 12.8 Å². The van der Waals surface area contributed by atoms with Crippen LogP contribution in [0.25, 0.3) is 11.2 Å². The predicted molar refractivity (Wildman–Crippen MR) is 112 cm³/mol. The molecule has 0 aliphatic heterocycles. The molecular weight excluding hydrogens is 386 g/mol. The highest BCUT2D eigenvalue weighted by molar-refractivity contribution is 5.93. The van der Waals surface area contributed by atoms with E-state index < -0.39 is 5.97 Å². The number of carbonyl (C=O) groups excluding carboxylic acids is 2. The van der Waals surface area contributed by atoms with Gasteiger partial charge in [0.15, 0.2) is 17.0 Å². The Labute approximate surface area is 173 Å². The van der Waals surface area contributed by atoms with Crippen LogP contribution in [0.2, 0.25) is 0 Å². The average Bonchev–Trinajstić information content (AvgIpc) is 2.71. The van der Waals surface area contributed by atoms with Crippen molar-refractivity contribution in [2.24, 2.45) is 0 Å². The number of nitrogen functional groups attached to an aromatic ring is 2. The quantitative estimate of drug-likeness (QED) is 0.442. The van der Waals surface area contributed by atoms with Crippen molar-refractivity contribution in [2.75, 3.05) is 16.4 Å². The van der Waals surface area contributed by atoms with E-state index in [1.54, 1.807) is 29.2 Å². The summed E-state index contributed by atoms with van der Waals surface area (Å²) >= 11 is 0.